The first kappa shape index (κ1) is 21.7. The summed E-state index contributed by atoms with van der Waals surface area (Å²) in [5.74, 6) is -1.52. The van der Waals surface area contributed by atoms with Crippen molar-refractivity contribution in [2.75, 3.05) is 38.8 Å². The Kier molecular flexibility index (Phi) is 7.10. The van der Waals surface area contributed by atoms with Gasteiger partial charge in [0.05, 0.1) is 13.7 Å². The molecule has 2 aromatic carbocycles. The van der Waals surface area contributed by atoms with Gasteiger partial charge in [0.2, 0.25) is 5.76 Å². The van der Waals surface area contributed by atoms with Gasteiger partial charge in [-0.3, -0.25) is 0 Å². The summed E-state index contributed by atoms with van der Waals surface area (Å²) in [6.07, 6.45) is 1.40. The number of aromatic nitrogens is 1. The lowest BCUT2D eigenvalue weighted by Crippen LogP contribution is -2.23. The van der Waals surface area contributed by atoms with Gasteiger partial charge >= 0.3 is 11.9 Å². The lowest BCUT2D eigenvalue weighted by molar-refractivity contribution is -0.144. The van der Waals surface area contributed by atoms with Crippen molar-refractivity contribution in [1.29, 1.82) is 0 Å². The highest BCUT2D eigenvalue weighted by molar-refractivity contribution is 5.91. The van der Waals surface area contributed by atoms with Crippen molar-refractivity contribution in [2.24, 2.45) is 0 Å². The van der Waals surface area contributed by atoms with Crippen LogP contribution in [0.4, 0.5) is 6.01 Å². The van der Waals surface area contributed by atoms with Crippen LogP contribution in [0, 0.1) is 0 Å². The Labute approximate surface area is 178 Å². The second kappa shape index (κ2) is 10.1. The highest BCUT2D eigenvalue weighted by atomic mass is 16.6. The number of esters is 1. The van der Waals surface area contributed by atoms with E-state index in [-0.39, 0.29) is 5.76 Å². The Bertz CT molecular complexity index is 1040. The fourth-order valence-electron chi connectivity index (χ4n) is 2.63. The standard InChI is InChI=1S/C22H22N2O7/c1-24(22-23-17-5-3-4-6-18(17)31-22)11-12-29-16-9-7-15(8-10-16)13-19(21(27)28-2)30-14-20(25)26/h3-10,13H,11-12,14H2,1-2H3,(H,25,26). The molecule has 0 saturated carbocycles. The van der Waals surface area contributed by atoms with Crippen LogP contribution >= 0.6 is 0 Å². The molecule has 0 fully saturated rings. The van der Waals surface area contributed by atoms with E-state index in [0.717, 1.165) is 11.1 Å². The van der Waals surface area contributed by atoms with Crippen molar-refractivity contribution in [3.63, 3.8) is 0 Å². The quantitative estimate of drug-likeness (QED) is 0.297. The van der Waals surface area contributed by atoms with E-state index in [4.69, 9.17) is 19.0 Å². The molecule has 162 valence electrons. The highest BCUT2D eigenvalue weighted by Crippen LogP contribution is 2.21. The molecule has 0 amide bonds. The summed E-state index contributed by atoms with van der Waals surface area (Å²) in [5, 5.41) is 8.72. The first-order chi connectivity index (χ1) is 15.0. The van der Waals surface area contributed by atoms with Crippen molar-refractivity contribution in [3.8, 4) is 5.75 Å². The zero-order valence-corrected chi connectivity index (χ0v) is 17.1. The Morgan fingerprint density at radius 2 is 1.90 bits per heavy atom. The average molecular weight is 426 g/mol. The number of benzene rings is 2. The van der Waals surface area contributed by atoms with Crippen LogP contribution in [0.25, 0.3) is 17.2 Å². The van der Waals surface area contributed by atoms with E-state index in [1.165, 1.54) is 13.2 Å². The highest BCUT2D eigenvalue weighted by Gasteiger charge is 2.13. The van der Waals surface area contributed by atoms with Gasteiger partial charge in [0, 0.05) is 7.05 Å². The number of rotatable bonds is 10. The largest absolute Gasteiger partial charge is 0.492 e. The molecule has 9 nitrogen and oxygen atoms in total. The number of nitrogens with zero attached hydrogens (tertiary/aromatic N) is 2. The summed E-state index contributed by atoms with van der Waals surface area (Å²) in [6, 6.07) is 15.0. The number of carboxylic acids is 1. The number of carbonyl (C=O) groups is 2. The fraction of sp³-hybridized carbons (Fsp3) is 0.227. The predicted octanol–water partition coefficient (Wildman–Crippen LogP) is 2.96. The third-order valence-electron chi connectivity index (χ3n) is 4.22. The number of carboxylic acid groups (broad SMARTS) is 1. The van der Waals surface area contributed by atoms with Gasteiger partial charge in [-0.15, -0.1) is 0 Å². The number of hydrogen-bond donors (Lipinski definition) is 1. The van der Waals surface area contributed by atoms with E-state index >= 15 is 0 Å². The minimum Gasteiger partial charge on any atom is -0.492 e. The molecule has 0 saturated heterocycles. The second-order valence-corrected chi connectivity index (χ2v) is 6.49. The molecule has 0 radical (unpaired) electrons. The number of methoxy groups -OCH3 is 1. The van der Waals surface area contributed by atoms with Crippen molar-refractivity contribution in [2.45, 2.75) is 0 Å². The van der Waals surface area contributed by atoms with Crippen LogP contribution in [0.3, 0.4) is 0 Å². The van der Waals surface area contributed by atoms with Gasteiger partial charge in [-0.05, 0) is 35.9 Å². The molecule has 0 aliphatic carbocycles. The maximum absolute atomic E-state index is 11.7. The number of fused-ring (bicyclic) bond motifs is 1. The van der Waals surface area contributed by atoms with Crippen LogP contribution in [-0.4, -0.2) is 55.9 Å². The zero-order chi connectivity index (χ0) is 22.2. The lowest BCUT2D eigenvalue weighted by atomic mass is 10.2. The average Bonchev–Trinajstić information content (AvgIpc) is 3.21. The Balaban J connectivity index is 1.55. The SMILES string of the molecule is COC(=O)C(=Cc1ccc(OCCN(C)c2nc3ccccc3o2)cc1)OCC(=O)O. The number of oxazole rings is 1. The fourth-order valence-corrected chi connectivity index (χ4v) is 2.63. The van der Waals surface area contributed by atoms with Crippen molar-refractivity contribution in [3.05, 3.63) is 59.9 Å². The first-order valence-corrected chi connectivity index (χ1v) is 9.40. The van der Waals surface area contributed by atoms with Crippen LogP contribution in [0.15, 0.2) is 58.7 Å². The van der Waals surface area contributed by atoms with Crippen LogP contribution in [-0.2, 0) is 19.1 Å². The molecule has 3 rings (SSSR count). The Hall–Kier alpha value is -4.01. The molecule has 0 atom stereocenters. The topological polar surface area (TPSA) is 111 Å². The molecule has 0 unspecified atom stereocenters. The maximum atomic E-state index is 11.7. The van der Waals surface area contributed by atoms with E-state index in [1.54, 1.807) is 24.3 Å². The first-order valence-electron chi connectivity index (χ1n) is 9.40. The summed E-state index contributed by atoms with van der Waals surface area (Å²) in [6.45, 7) is 0.319. The normalized spacial score (nSPS) is 11.2. The van der Waals surface area contributed by atoms with Gasteiger partial charge in [0.15, 0.2) is 12.2 Å². The van der Waals surface area contributed by atoms with E-state index < -0.39 is 18.5 Å². The van der Waals surface area contributed by atoms with Gasteiger partial charge in [-0.2, -0.15) is 4.98 Å². The van der Waals surface area contributed by atoms with Crippen molar-refractivity contribution >= 4 is 35.1 Å². The van der Waals surface area contributed by atoms with Gasteiger partial charge in [0.25, 0.3) is 6.01 Å². The molecule has 9 heteroatoms. The molecule has 1 aromatic heterocycles. The monoisotopic (exact) mass is 426 g/mol. The van der Waals surface area contributed by atoms with Gasteiger partial charge in [-0.25, -0.2) is 9.59 Å². The van der Waals surface area contributed by atoms with Gasteiger partial charge < -0.3 is 28.6 Å². The van der Waals surface area contributed by atoms with Gasteiger partial charge in [0.1, 0.15) is 17.9 Å². The second-order valence-electron chi connectivity index (χ2n) is 6.49. The molecule has 1 heterocycles. The van der Waals surface area contributed by atoms with Crippen molar-refractivity contribution < 1.29 is 33.3 Å². The van der Waals surface area contributed by atoms with Crippen LogP contribution in [0.1, 0.15) is 5.56 Å². The maximum Gasteiger partial charge on any atom is 0.373 e. The third kappa shape index (κ3) is 5.99. The lowest BCUT2D eigenvalue weighted by Gasteiger charge is -2.15. The number of likely N-dealkylation sites (N-methyl/N-ethyl adjacent to an activating group) is 1. The van der Waals surface area contributed by atoms with Crippen LogP contribution < -0.4 is 9.64 Å². The van der Waals surface area contributed by atoms with E-state index in [9.17, 15) is 9.59 Å². The summed E-state index contributed by atoms with van der Waals surface area (Å²) < 4.78 is 21.0. The molecule has 0 spiro atoms. The van der Waals surface area contributed by atoms with E-state index in [0.29, 0.717) is 30.5 Å². The zero-order valence-electron chi connectivity index (χ0n) is 17.1. The number of carbonyl (C=O) groups excluding carboxylic acids is 1. The molecular weight excluding hydrogens is 404 g/mol. The molecule has 0 bridgehead atoms. The predicted molar refractivity (Wildman–Crippen MR) is 113 cm³/mol. The smallest absolute Gasteiger partial charge is 0.373 e. The minimum absolute atomic E-state index is 0.196. The molecular formula is C22H22N2O7. The van der Waals surface area contributed by atoms with E-state index in [2.05, 4.69) is 9.72 Å². The third-order valence-corrected chi connectivity index (χ3v) is 4.22. The molecule has 1 N–H and O–H groups in total. The van der Waals surface area contributed by atoms with Gasteiger partial charge in [-0.1, -0.05) is 24.3 Å². The molecule has 31 heavy (non-hydrogen) atoms. The van der Waals surface area contributed by atoms with E-state index in [1.807, 2.05) is 36.2 Å². The number of para-hydroxylation sites is 2. The summed E-state index contributed by atoms with van der Waals surface area (Å²) in [7, 11) is 3.06. The van der Waals surface area contributed by atoms with Crippen LogP contribution in [0.2, 0.25) is 0 Å². The number of aliphatic carboxylic acids is 1. The summed E-state index contributed by atoms with van der Waals surface area (Å²) in [5.41, 5.74) is 2.15. The van der Waals surface area contributed by atoms with Crippen molar-refractivity contribution in [1.82, 2.24) is 4.98 Å². The Morgan fingerprint density at radius 1 is 1.16 bits per heavy atom. The molecule has 0 aliphatic rings. The van der Waals surface area contributed by atoms with Crippen LogP contribution in [0.5, 0.6) is 5.75 Å². The molecule has 0 aliphatic heterocycles. The minimum atomic E-state index is -1.19. The Morgan fingerprint density at radius 3 is 2.58 bits per heavy atom. The summed E-state index contributed by atoms with van der Waals surface area (Å²) in [4.78, 5) is 28.7. The number of hydrogen-bond acceptors (Lipinski definition) is 8. The number of anilines is 1. The molecule has 3 aromatic rings. The number of ether oxygens (including phenoxy) is 3. The summed E-state index contributed by atoms with van der Waals surface area (Å²) >= 11 is 0.